The van der Waals surface area contributed by atoms with E-state index in [1.54, 1.807) is 12.3 Å². The third-order valence-electron chi connectivity index (χ3n) is 2.55. The van der Waals surface area contributed by atoms with E-state index in [0.717, 1.165) is 16.0 Å². The van der Waals surface area contributed by atoms with Crippen LogP contribution in [0.1, 0.15) is 11.1 Å². The minimum atomic E-state index is -1.33. The molecular weight excluding hydrogens is 254 g/mol. The average molecular weight is 269 g/mol. The van der Waals surface area contributed by atoms with Crippen molar-refractivity contribution in [2.24, 2.45) is 4.40 Å². The summed E-state index contributed by atoms with van der Waals surface area (Å²) in [7, 11) is -1.33. The van der Waals surface area contributed by atoms with Gasteiger partial charge in [-0.25, -0.2) is 4.21 Å². The summed E-state index contributed by atoms with van der Waals surface area (Å²) in [6, 6.07) is 17.5. The summed E-state index contributed by atoms with van der Waals surface area (Å²) in [5, 5.41) is 0. The number of nitrogens with zero attached hydrogens (tertiary/aromatic N) is 1. The molecule has 0 aliphatic carbocycles. The first-order chi connectivity index (χ1) is 9.25. The Hall–Kier alpha value is -2.00. The van der Waals surface area contributed by atoms with Crippen molar-refractivity contribution < 1.29 is 4.21 Å². The van der Waals surface area contributed by atoms with Crippen LogP contribution in [-0.4, -0.2) is 10.4 Å². The van der Waals surface area contributed by atoms with E-state index in [-0.39, 0.29) is 0 Å². The highest BCUT2D eigenvalue weighted by atomic mass is 32.2. The minimum Gasteiger partial charge on any atom is -0.229 e. The van der Waals surface area contributed by atoms with Crippen LogP contribution in [0.15, 0.2) is 70.0 Å². The predicted molar refractivity (Wildman–Crippen MR) is 81.6 cm³/mol. The maximum absolute atomic E-state index is 11.8. The molecule has 0 spiro atoms. The van der Waals surface area contributed by atoms with Crippen LogP contribution in [0.2, 0.25) is 0 Å². The molecule has 0 unspecified atom stereocenters. The third kappa shape index (κ3) is 4.30. The molecule has 0 N–H and O–H groups in total. The highest BCUT2D eigenvalue weighted by Crippen LogP contribution is 2.08. The second-order valence-electron chi connectivity index (χ2n) is 4.09. The van der Waals surface area contributed by atoms with Crippen molar-refractivity contribution in [2.75, 3.05) is 0 Å². The number of rotatable bonds is 4. The summed E-state index contributed by atoms with van der Waals surface area (Å²) in [4.78, 5) is 0.718. The van der Waals surface area contributed by atoms with Crippen molar-refractivity contribution in [1.82, 2.24) is 0 Å². The normalized spacial score (nSPS) is 13.1. The lowest BCUT2D eigenvalue weighted by Gasteiger charge is -1.96. The molecule has 2 rings (SSSR count). The first kappa shape index (κ1) is 13.4. The number of hydrogen-bond donors (Lipinski definition) is 0. The van der Waals surface area contributed by atoms with Crippen LogP contribution < -0.4 is 0 Å². The maximum atomic E-state index is 11.8. The molecule has 0 bridgehead atoms. The molecule has 19 heavy (non-hydrogen) atoms. The first-order valence-corrected chi connectivity index (χ1v) is 7.11. The minimum absolute atomic E-state index is 0.718. The molecule has 0 saturated carbocycles. The van der Waals surface area contributed by atoms with Gasteiger partial charge in [0.2, 0.25) is 0 Å². The Morgan fingerprint density at radius 2 is 1.68 bits per heavy atom. The fourth-order valence-corrected chi connectivity index (χ4v) is 2.20. The molecule has 96 valence electrons. The van der Waals surface area contributed by atoms with Crippen LogP contribution >= 0.6 is 0 Å². The van der Waals surface area contributed by atoms with Crippen LogP contribution in [0.4, 0.5) is 0 Å². The number of hydrogen-bond acceptors (Lipinski definition) is 1. The molecule has 3 heteroatoms. The van der Waals surface area contributed by atoms with E-state index in [9.17, 15) is 4.21 Å². The maximum Gasteiger partial charge on any atom is 0.172 e. The molecule has 0 radical (unpaired) electrons. The van der Waals surface area contributed by atoms with Crippen LogP contribution in [0, 0.1) is 6.92 Å². The van der Waals surface area contributed by atoms with Gasteiger partial charge in [-0.2, -0.15) is 4.40 Å². The van der Waals surface area contributed by atoms with E-state index in [1.165, 1.54) is 0 Å². The van der Waals surface area contributed by atoms with Crippen molar-refractivity contribution in [2.45, 2.75) is 11.8 Å². The smallest absolute Gasteiger partial charge is 0.172 e. The fraction of sp³-hybridized carbons (Fsp3) is 0.0625. The van der Waals surface area contributed by atoms with Gasteiger partial charge >= 0.3 is 0 Å². The van der Waals surface area contributed by atoms with Crippen LogP contribution in [0.3, 0.4) is 0 Å². The van der Waals surface area contributed by atoms with Crippen LogP contribution in [0.25, 0.3) is 6.08 Å². The first-order valence-electron chi connectivity index (χ1n) is 6.00. The molecular formula is C16H15NOS. The van der Waals surface area contributed by atoms with Crippen molar-refractivity contribution in [1.29, 1.82) is 0 Å². The molecule has 2 aromatic rings. The summed E-state index contributed by atoms with van der Waals surface area (Å²) in [5.74, 6) is 0. The lowest BCUT2D eigenvalue weighted by atomic mass is 10.2. The van der Waals surface area contributed by atoms with Gasteiger partial charge in [0.15, 0.2) is 11.0 Å². The molecule has 0 amide bonds. The molecule has 2 aromatic carbocycles. The molecule has 0 saturated heterocycles. The molecule has 0 fully saturated rings. The van der Waals surface area contributed by atoms with Gasteiger partial charge in [0.25, 0.3) is 0 Å². The predicted octanol–water partition coefficient (Wildman–Crippen LogP) is 3.80. The summed E-state index contributed by atoms with van der Waals surface area (Å²) < 4.78 is 15.8. The van der Waals surface area contributed by atoms with Crippen molar-refractivity contribution in [3.63, 3.8) is 0 Å². The van der Waals surface area contributed by atoms with E-state index in [1.807, 2.05) is 67.6 Å². The standard InChI is InChI=1S/C16H15NOS/c1-14-9-11-16(12-10-14)19(18)17-13-5-8-15-6-3-2-4-7-15/h2-13H,1H3/b8-5+,17-13+/t19-/m0/s1. The van der Waals surface area contributed by atoms with Crippen molar-refractivity contribution in [3.05, 3.63) is 71.8 Å². The van der Waals surface area contributed by atoms with E-state index >= 15 is 0 Å². The summed E-state index contributed by atoms with van der Waals surface area (Å²) >= 11 is 0. The van der Waals surface area contributed by atoms with Crippen molar-refractivity contribution in [3.8, 4) is 0 Å². The molecule has 0 aromatic heterocycles. The molecule has 0 aliphatic heterocycles. The zero-order valence-corrected chi connectivity index (χ0v) is 11.5. The largest absolute Gasteiger partial charge is 0.229 e. The molecule has 0 heterocycles. The summed E-state index contributed by atoms with van der Waals surface area (Å²) in [6.45, 7) is 2.00. The van der Waals surface area contributed by atoms with Gasteiger partial charge in [-0.1, -0.05) is 54.1 Å². The average Bonchev–Trinajstić information content (AvgIpc) is 2.45. The molecule has 1 atom stereocenters. The topological polar surface area (TPSA) is 29.4 Å². The lowest BCUT2D eigenvalue weighted by molar-refractivity contribution is 0.684. The zero-order chi connectivity index (χ0) is 13.5. The zero-order valence-electron chi connectivity index (χ0n) is 10.7. The van der Waals surface area contributed by atoms with Crippen molar-refractivity contribution >= 4 is 23.3 Å². The lowest BCUT2D eigenvalue weighted by Crippen LogP contribution is -1.87. The van der Waals surface area contributed by atoms with Gasteiger partial charge in [-0.3, -0.25) is 0 Å². The van der Waals surface area contributed by atoms with Gasteiger partial charge in [-0.05, 0) is 30.7 Å². The van der Waals surface area contributed by atoms with Crippen LogP contribution in [-0.2, 0) is 11.0 Å². The Morgan fingerprint density at radius 3 is 2.37 bits per heavy atom. The Morgan fingerprint density at radius 1 is 1.00 bits per heavy atom. The molecule has 2 nitrogen and oxygen atoms in total. The third-order valence-corrected chi connectivity index (χ3v) is 3.54. The van der Waals surface area contributed by atoms with Gasteiger partial charge < -0.3 is 0 Å². The van der Waals surface area contributed by atoms with Gasteiger partial charge in [0.1, 0.15) is 0 Å². The number of benzene rings is 2. The quantitative estimate of drug-likeness (QED) is 0.776. The Bertz CT molecular complexity index is 600. The SMILES string of the molecule is Cc1ccc([S@](=O)/N=C/C=C/c2ccccc2)cc1. The van der Waals surface area contributed by atoms with E-state index in [2.05, 4.69) is 4.40 Å². The monoisotopic (exact) mass is 269 g/mol. The highest BCUT2D eigenvalue weighted by molar-refractivity contribution is 7.83. The Balaban J connectivity index is 1.97. The van der Waals surface area contributed by atoms with E-state index in [4.69, 9.17) is 0 Å². The van der Waals surface area contributed by atoms with Gasteiger partial charge in [-0.15, -0.1) is 0 Å². The number of aryl methyl sites for hydroxylation is 1. The summed E-state index contributed by atoms with van der Waals surface area (Å²) in [5.41, 5.74) is 2.24. The highest BCUT2D eigenvalue weighted by Gasteiger charge is 1.98. The second kappa shape index (κ2) is 6.81. The second-order valence-corrected chi connectivity index (χ2v) is 5.27. The molecule has 0 aliphatic rings. The van der Waals surface area contributed by atoms with Crippen LogP contribution in [0.5, 0.6) is 0 Å². The fourth-order valence-electron chi connectivity index (χ4n) is 1.52. The van der Waals surface area contributed by atoms with E-state index in [0.29, 0.717) is 0 Å². The van der Waals surface area contributed by atoms with Gasteiger partial charge in [0.05, 0.1) is 4.90 Å². The van der Waals surface area contributed by atoms with Gasteiger partial charge in [0, 0.05) is 6.21 Å². The Labute approximate surface area is 116 Å². The van der Waals surface area contributed by atoms with E-state index < -0.39 is 11.0 Å². The number of allylic oxidation sites excluding steroid dienone is 1. The Kier molecular flexibility index (Phi) is 4.81. The summed E-state index contributed by atoms with van der Waals surface area (Å²) in [6.07, 6.45) is 5.29.